The molecule has 0 rings (SSSR count). The highest BCUT2D eigenvalue weighted by Crippen LogP contribution is 2.44. The van der Waals surface area contributed by atoms with Crippen LogP contribution in [-0.4, -0.2) is 16.1 Å². The number of hydrogen-bond donors (Lipinski definition) is 0. The minimum absolute atomic E-state index is 0.734. The summed E-state index contributed by atoms with van der Waals surface area (Å²) in [5, 5.41) is 0. The van der Waals surface area contributed by atoms with E-state index < -0.39 is 16.1 Å². The Balaban J connectivity index is 6.26. The van der Waals surface area contributed by atoms with Crippen LogP contribution in [0.1, 0.15) is 83.1 Å². The summed E-state index contributed by atoms with van der Waals surface area (Å²) in [4.78, 5) is 0. The Kier molecular flexibility index (Phi) is 8.20. The third-order valence-corrected chi connectivity index (χ3v) is 19.1. The fraction of sp³-hybridized carbons (Fsp3) is 0.900. The summed E-state index contributed by atoms with van der Waals surface area (Å²) in [6, 6.07) is 0. The molecule has 0 spiro atoms. The van der Waals surface area contributed by atoms with Gasteiger partial charge in [0.25, 0.3) is 0 Å². The molecule has 0 nitrogen and oxygen atoms in total. The molecule has 0 amide bonds. The molecule has 0 radical (unpaired) electrons. The minimum Gasteiger partial charge on any atom is -0.137 e. The van der Waals surface area contributed by atoms with Crippen LogP contribution < -0.4 is 0 Å². The molecule has 0 aromatic carbocycles. The highest BCUT2D eigenvalue weighted by Gasteiger charge is 2.45. The van der Waals surface area contributed by atoms with Crippen molar-refractivity contribution < 1.29 is 0 Å². The monoisotopic (exact) mass is 338 g/mol. The van der Waals surface area contributed by atoms with Crippen molar-refractivity contribution in [2.45, 2.75) is 116 Å². The Hall–Kier alpha value is -0.00623. The SMILES string of the molecule is CC(C)[Si](C#C[Si](C(C)C)(C(C)C)C(C)C)(C(C)C)C(C)C. The topological polar surface area (TPSA) is 0 Å². The van der Waals surface area contributed by atoms with Gasteiger partial charge in [0.05, 0.1) is 0 Å². The quantitative estimate of drug-likeness (QED) is 0.349. The van der Waals surface area contributed by atoms with Crippen LogP contribution in [0.4, 0.5) is 0 Å². The molecule has 22 heavy (non-hydrogen) atoms. The zero-order valence-corrected chi connectivity index (χ0v) is 19.5. The zero-order valence-electron chi connectivity index (χ0n) is 17.5. The molecule has 0 unspecified atom stereocenters. The van der Waals surface area contributed by atoms with Crippen molar-refractivity contribution in [2.24, 2.45) is 0 Å². The Morgan fingerprint density at radius 1 is 0.364 bits per heavy atom. The molecule has 0 aromatic rings. The second-order valence-electron chi connectivity index (χ2n) is 9.04. The van der Waals surface area contributed by atoms with E-state index in [0.717, 1.165) is 33.2 Å². The second-order valence-corrected chi connectivity index (χ2v) is 20.2. The Morgan fingerprint density at radius 2 is 0.500 bits per heavy atom. The van der Waals surface area contributed by atoms with Crippen LogP contribution in [0.2, 0.25) is 33.2 Å². The second kappa shape index (κ2) is 8.20. The molecular formula is C20H42Si2. The van der Waals surface area contributed by atoms with Crippen LogP contribution in [0.5, 0.6) is 0 Å². The van der Waals surface area contributed by atoms with Gasteiger partial charge in [-0.2, -0.15) is 0 Å². The van der Waals surface area contributed by atoms with E-state index in [4.69, 9.17) is 0 Å². The minimum atomic E-state index is -1.60. The average Bonchev–Trinajstić information content (AvgIpc) is 2.31. The molecule has 0 aromatic heterocycles. The lowest BCUT2D eigenvalue weighted by Gasteiger charge is -2.41. The molecule has 0 bridgehead atoms. The smallest absolute Gasteiger partial charge is 0.137 e. The van der Waals surface area contributed by atoms with Crippen molar-refractivity contribution in [3.05, 3.63) is 0 Å². The van der Waals surface area contributed by atoms with Crippen molar-refractivity contribution in [1.82, 2.24) is 0 Å². The van der Waals surface area contributed by atoms with Crippen molar-refractivity contribution >= 4 is 16.1 Å². The fourth-order valence-corrected chi connectivity index (χ4v) is 16.5. The molecule has 2 heteroatoms. The van der Waals surface area contributed by atoms with Gasteiger partial charge in [0.15, 0.2) is 0 Å². The van der Waals surface area contributed by atoms with E-state index in [2.05, 4.69) is 94.2 Å². The van der Waals surface area contributed by atoms with Gasteiger partial charge >= 0.3 is 0 Å². The third-order valence-electron chi connectivity index (χ3n) is 6.23. The maximum absolute atomic E-state index is 4.07. The molecule has 130 valence electrons. The lowest BCUT2D eigenvalue weighted by atomic mass is 10.5. The van der Waals surface area contributed by atoms with Gasteiger partial charge in [-0.25, -0.2) is 0 Å². The normalized spacial score (nSPS) is 13.7. The van der Waals surface area contributed by atoms with Crippen molar-refractivity contribution in [2.75, 3.05) is 0 Å². The molecular weight excluding hydrogens is 296 g/mol. The predicted molar refractivity (Wildman–Crippen MR) is 110 cm³/mol. The van der Waals surface area contributed by atoms with Crippen LogP contribution in [0.3, 0.4) is 0 Å². The van der Waals surface area contributed by atoms with Gasteiger partial charge in [0, 0.05) is 0 Å². The summed E-state index contributed by atoms with van der Waals surface area (Å²) in [5.74, 6) is 0. The van der Waals surface area contributed by atoms with E-state index in [1.54, 1.807) is 0 Å². The van der Waals surface area contributed by atoms with Crippen molar-refractivity contribution in [3.8, 4) is 11.1 Å². The number of rotatable bonds is 6. The highest BCUT2D eigenvalue weighted by atomic mass is 28.3. The van der Waals surface area contributed by atoms with Crippen LogP contribution >= 0.6 is 0 Å². The van der Waals surface area contributed by atoms with Crippen LogP contribution in [0.15, 0.2) is 0 Å². The first-order valence-electron chi connectivity index (χ1n) is 9.41. The predicted octanol–water partition coefficient (Wildman–Crippen LogP) is 7.43. The fourth-order valence-electron chi connectivity index (χ4n) is 5.08. The Morgan fingerprint density at radius 3 is 0.591 bits per heavy atom. The van der Waals surface area contributed by atoms with E-state index >= 15 is 0 Å². The van der Waals surface area contributed by atoms with Gasteiger partial charge in [-0.15, -0.1) is 11.1 Å². The Labute approximate surface area is 143 Å². The van der Waals surface area contributed by atoms with Crippen LogP contribution in [0, 0.1) is 11.1 Å². The largest absolute Gasteiger partial charge is 0.145 e. The first-order valence-corrected chi connectivity index (χ1v) is 13.9. The maximum atomic E-state index is 4.07. The first kappa shape index (κ1) is 22.0. The van der Waals surface area contributed by atoms with E-state index in [1.807, 2.05) is 0 Å². The van der Waals surface area contributed by atoms with Gasteiger partial charge in [0.1, 0.15) is 16.1 Å². The summed E-state index contributed by atoms with van der Waals surface area (Å²) >= 11 is 0. The molecule has 0 aliphatic rings. The molecule has 0 saturated heterocycles. The third kappa shape index (κ3) is 3.90. The molecule has 0 saturated carbocycles. The van der Waals surface area contributed by atoms with Gasteiger partial charge in [-0.3, -0.25) is 0 Å². The lowest BCUT2D eigenvalue weighted by molar-refractivity contribution is 0.833. The molecule has 0 fully saturated rings. The molecule has 0 N–H and O–H groups in total. The van der Waals surface area contributed by atoms with Gasteiger partial charge in [-0.1, -0.05) is 83.1 Å². The van der Waals surface area contributed by atoms with Crippen molar-refractivity contribution in [3.63, 3.8) is 0 Å². The van der Waals surface area contributed by atoms with Gasteiger partial charge < -0.3 is 0 Å². The summed E-state index contributed by atoms with van der Waals surface area (Å²) in [5.41, 5.74) is 12.5. The molecule has 0 aliphatic heterocycles. The van der Waals surface area contributed by atoms with Crippen LogP contribution in [0.25, 0.3) is 0 Å². The van der Waals surface area contributed by atoms with E-state index in [9.17, 15) is 0 Å². The lowest BCUT2D eigenvalue weighted by Crippen LogP contribution is -2.47. The van der Waals surface area contributed by atoms with Crippen LogP contribution in [-0.2, 0) is 0 Å². The zero-order chi connectivity index (χ0) is 17.9. The first-order chi connectivity index (χ1) is 9.87. The van der Waals surface area contributed by atoms with Gasteiger partial charge in [-0.05, 0) is 33.2 Å². The van der Waals surface area contributed by atoms with Gasteiger partial charge in [0.2, 0.25) is 0 Å². The number of hydrogen-bond acceptors (Lipinski definition) is 0. The standard InChI is InChI=1S/C20H42Si2/c1-15(2)21(16(3)4,17(5)6)13-14-22(18(7)8,19(9)10)20(11)12/h15-20H,1-12H3. The molecule has 0 heterocycles. The van der Waals surface area contributed by atoms with E-state index in [0.29, 0.717) is 0 Å². The molecule has 0 aliphatic carbocycles. The van der Waals surface area contributed by atoms with E-state index in [1.165, 1.54) is 0 Å². The highest BCUT2D eigenvalue weighted by molar-refractivity contribution is 6.95. The Bertz CT molecular complexity index is 312. The van der Waals surface area contributed by atoms with Crippen molar-refractivity contribution in [1.29, 1.82) is 0 Å². The van der Waals surface area contributed by atoms with E-state index in [-0.39, 0.29) is 0 Å². The average molecular weight is 339 g/mol. The maximum Gasteiger partial charge on any atom is 0.145 e. The molecule has 0 atom stereocenters. The summed E-state index contributed by atoms with van der Waals surface area (Å²) in [7, 11) is -3.20. The summed E-state index contributed by atoms with van der Waals surface area (Å²) < 4.78 is 0. The summed E-state index contributed by atoms with van der Waals surface area (Å²) in [6.45, 7) is 29.1. The summed E-state index contributed by atoms with van der Waals surface area (Å²) in [6.07, 6.45) is 0.